The summed E-state index contributed by atoms with van der Waals surface area (Å²) in [6.07, 6.45) is 3.44. The van der Waals surface area contributed by atoms with E-state index in [1.807, 2.05) is 30.0 Å². The molecule has 2 aromatic rings. The van der Waals surface area contributed by atoms with Crippen LogP contribution in [0.4, 0.5) is 5.82 Å². The second kappa shape index (κ2) is 6.73. The van der Waals surface area contributed by atoms with Crippen LogP contribution in [0.5, 0.6) is 0 Å². The zero-order valence-electron chi connectivity index (χ0n) is 13.5. The summed E-state index contributed by atoms with van der Waals surface area (Å²) in [5, 5.41) is 3.43. The van der Waals surface area contributed by atoms with Gasteiger partial charge in [0.2, 0.25) is 0 Å². The minimum Gasteiger partial charge on any atom is -0.365 e. The van der Waals surface area contributed by atoms with Crippen molar-refractivity contribution in [2.24, 2.45) is 0 Å². The molecular formula is C17H21N5O. The minimum absolute atomic E-state index is 0.0111. The molecule has 1 unspecified atom stereocenters. The van der Waals surface area contributed by atoms with Gasteiger partial charge in [0.1, 0.15) is 17.3 Å². The molecule has 1 fully saturated rings. The number of aromatic nitrogens is 3. The maximum absolute atomic E-state index is 12.4. The van der Waals surface area contributed by atoms with Gasteiger partial charge in [0.05, 0.1) is 0 Å². The highest BCUT2D eigenvalue weighted by Crippen LogP contribution is 2.17. The SMILES string of the molecule is CCc1cc(NC2CCN(C(=O)c3ccccn3)C2)nc(C)n1. The van der Waals surface area contributed by atoms with Gasteiger partial charge in [-0.15, -0.1) is 0 Å². The largest absolute Gasteiger partial charge is 0.365 e. The van der Waals surface area contributed by atoms with Crippen LogP contribution >= 0.6 is 0 Å². The molecule has 1 saturated heterocycles. The predicted molar refractivity (Wildman–Crippen MR) is 88.3 cm³/mol. The molecule has 23 heavy (non-hydrogen) atoms. The van der Waals surface area contributed by atoms with Gasteiger partial charge in [0.15, 0.2) is 0 Å². The van der Waals surface area contributed by atoms with Crippen molar-refractivity contribution in [3.8, 4) is 0 Å². The van der Waals surface area contributed by atoms with E-state index in [1.165, 1.54) is 0 Å². The zero-order chi connectivity index (χ0) is 16.2. The third-order valence-corrected chi connectivity index (χ3v) is 3.96. The number of pyridine rings is 1. The van der Waals surface area contributed by atoms with Crippen molar-refractivity contribution in [2.75, 3.05) is 18.4 Å². The predicted octanol–water partition coefficient (Wildman–Crippen LogP) is 2.07. The lowest BCUT2D eigenvalue weighted by atomic mass is 10.2. The van der Waals surface area contributed by atoms with Crippen LogP contribution in [0, 0.1) is 6.92 Å². The topological polar surface area (TPSA) is 71.0 Å². The summed E-state index contributed by atoms with van der Waals surface area (Å²) >= 11 is 0. The van der Waals surface area contributed by atoms with Gasteiger partial charge in [-0.3, -0.25) is 9.78 Å². The number of likely N-dealkylation sites (tertiary alicyclic amines) is 1. The standard InChI is InChI=1S/C17H21N5O/c1-3-13-10-16(20-12(2)19-13)21-14-7-9-22(11-14)17(23)15-6-4-5-8-18-15/h4-6,8,10,14H,3,7,9,11H2,1-2H3,(H,19,20,21). The summed E-state index contributed by atoms with van der Waals surface area (Å²) in [4.78, 5) is 27.2. The first-order valence-electron chi connectivity index (χ1n) is 7.97. The number of aryl methyl sites for hydroxylation is 2. The van der Waals surface area contributed by atoms with Gasteiger partial charge in [-0.2, -0.15) is 0 Å². The summed E-state index contributed by atoms with van der Waals surface area (Å²) in [7, 11) is 0. The van der Waals surface area contributed by atoms with E-state index in [4.69, 9.17) is 0 Å². The van der Waals surface area contributed by atoms with E-state index in [-0.39, 0.29) is 11.9 Å². The van der Waals surface area contributed by atoms with Gasteiger partial charge in [0, 0.05) is 37.1 Å². The molecule has 1 aliphatic rings. The van der Waals surface area contributed by atoms with E-state index in [0.29, 0.717) is 12.2 Å². The molecule has 6 nitrogen and oxygen atoms in total. The van der Waals surface area contributed by atoms with Crippen LogP contribution in [-0.4, -0.2) is 44.9 Å². The maximum Gasteiger partial charge on any atom is 0.272 e. The van der Waals surface area contributed by atoms with Crippen LogP contribution in [0.3, 0.4) is 0 Å². The van der Waals surface area contributed by atoms with E-state index in [1.54, 1.807) is 12.3 Å². The van der Waals surface area contributed by atoms with Crippen molar-refractivity contribution in [3.63, 3.8) is 0 Å². The maximum atomic E-state index is 12.4. The number of nitrogens with zero attached hydrogens (tertiary/aromatic N) is 4. The van der Waals surface area contributed by atoms with Crippen LogP contribution in [0.1, 0.15) is 35.4 Å². The average Bonchev–Trinajstić information content (AvgIpc) is 3.02. The highest BCUT2D eigenvalue weighted by atomic mass is 16.2. The molecule has 0 bridgehead atoms. The fraction of sp³-hybridized carbons (Fsp3) is 0.412. The van der Waals surface area contributed by atoms with Crippen LogP contribution in [0.25, 0.3) is 0 Å². The molecule has 0 spiro atoms. The van der Waals surface area contributed by atoms with Gasteiger partial charge in [-0.25, -0.2) is 9.97 Å². The Morgan fingerprint density at radius 2 is 2.26 bits per heavy atom. The first-order valence-corrected chi connectivity index (χ1v) is 7.97. The van der Waals surface area contributed by atoms with E-state index in [9.17, 15) is 4.79 Å². The summed E-state index contributed by atoms with van der Waals surface area (Å²) in [5.41, 5.74) is 1.53. The van der Waals surface area contributed by atoms with Crippen molar-refractivity contribution in [1.82, 2.24) is 19.9 Å². The fourth-order valence-electron chi connectivity index (χ4n) is 2.81. The molecule has 1 N–H and O–H groups in total. The summed E-state index contributed by atoms with van der Waals surface area (Å²) in [5.74, 6) is 1.60. The Labute approximate surface area is 136 Å². The quantitative estimate of drug-likeness (QED) is 0.936. The Hall–Kier alpha value is -2.50. The summed E-state index contributed by atoms with van der Waals surface area (Å²) < 4.78 is 0. The summed E-state index contributed by atoms with van der Waals surface area (Å²) in [6, 6.07) is 7.60. The Bertz CT molecular complexity index is 689. The van der Waals surface area contributed by atoms with E-state index in [0.717, 1.165) is 36.7 Å². The monoisotopic (exact) mass is 311 g/mol. The molecule has 1 amide bonds. The minimum atomic E-state index is -0.0111. The third kappa shape index (κ3) is 3.64. The first kappa shape index (κ1) is 15.4. The molecule has 3 heterocycles. The van der Waals surface area contributed by atoms with Crippen molar-refractivity contribution >= 4 is 11.7 Å². The summed E-state index contributed by atoms with van der Waals surface area (Å²) in [6.45, 7) is 5.38. The van der Waals surface area contributed by atoms with Crippen LogP contribution in [0.15, 0.2) is 30.5 Å². The highest BCUT2D eigenvalue weighted by Gasteiger charge is 2.27. The van der Waals surface area contributed by atoms with E-state index >= 15 is 0 Å². The molecule has 120 valence electrons. The molecular weight excluding hydrogens is 290 g/mol. The van der Waals surface area contributed by atoms with Gasteiger partial charge < -0.3 is 10.2 Å². The Morgan fingerprint density at radius 1 is 1.39 bits per heavy atom. The van der Waals surface area contributed by atoms with Crippen LogP contribution in [0.2, 0.25) is 0 Å². The second-order valence-electron chi connectivity index (χ2n) is 5.74. The van der Waals surface area contributed by atoms with Crippen molar-refractivity contribution in [2.45, 2.75) is 32.7 Å². The lowest BCUT2D eigenvalue weighted by molar-refractivity contribution is 0.0786. The Kier molecular flexibility index (Phi) is 4.50. The molecule has 0 aromatic carbocycles. The third-order valence-electron chi connectivity index (χ3n) is 3.96. The number of anilines is 1. The van der Waals surface area contributed by atoms with Crippen molar-refractivity contribution in [1.29, 1.82) is 0 Å². The second-order valence-corrected chi connectivity index (χ2v) is 5.74. The number of rotatable bonds is 4. The normalized spacial score (nSPS) is 17.3. The van der Waals surface area contributed by atoms with Crippen LogP contribution < -0.4 is 5.32 Å². The molecule has 2 aromatic heterocycles. The fourth-order valence-corrected chi connectivity index (χ4v) is 2.81. The number of nitrogens with one attached hydrogen (secondary N) is 1. The van der Waals surface area contributed by atoms with Crippen molar-refractivity contribution < 1.29 is 4.79 Å². The molecule has 0 aliphatic carbocycles. The number of hydrogen-bond donors (Lipinski definition) is 1. The molecule has 6 heteroatoms. The van der Waals surface area contributed by atoms with Gasteiger partial charge in [-0.1, -0.05) is 13.0 Å². The first-order chi connectivity index (χ1) is 11.2. The van der Waals surface area contributed by atoms with Gasteiger partial charge in [0.25, 0.3) is 5.91 Å². The average molecular weight is 311 g/mol. The smallest absolute Gasteiger partial charge is 0.272 e. The Balaban J connectivity index is 1.64. The van der Waals surface area contributed by atoms with Crippen molar-refractivity contribution in [3.05, 3.63) is 47.7 Å². The molecule has 0 radical (unpaired) electrons. The van der Waals surface area contributed by atoms with E-state index in [2.05, 4.69) is 27.2 Å². The number of carbonyl (C=O) groups excluding carboxylic acids is 1. The molecule has 0 saturated carbocycles. The lowest BCUT2D eigenvalue weighted by Crippen LogP contribution is -2.32. The number of carbonyl (C=O) groups is 1. The number of hydrogen-bond acceptors (Lipinski definition) is 5. The van der Waals surface area contributed by atoms with E-state index < -0.39 is 0 Å². The lowest BCUT2D eigenvalue weighted by Gasteiger charge is -2.17. The zero-order valence-corrected chi connectivity index (χ0v) is 13.5. The molecule has 1 atom stereocenters. The highest BCUT2D eigenvalue weighted by molar-refractivity contribution is 5.92. The molecule has 1 aliphatic heterocycles. The molecule has 3 rings (SSSR count). The Morgan fingerprint density at radius 3 is 3.00 bits per heavy atom. The van der Waals surface area contributed by atoms with Gasteiger partial charge >= 0.3 is 0 Å². The van der Waals surface area contributed by atoms with Crippen LogP contribution in [-0.2, 0) is 6.42 Å². The van der Waals surface area contributed by atoms with Gasteiger partial charge in [-0.05, 0) is 31.9 Å². The number of amides is 1.